The Morgan fingerprint density at radius 1 is 1.06 bits per heavy atom. The summed E-state index contributed by atoms with van der Waals surface area (Å²) in [5, 5.41) is 17.1. The Hall–Kier alpha value is -4.20. The lowest BCUT2D eigenvalue weighted by atomic mass is 9.82. The zero-order chi connectivity index (χ0) is 23.9. The molecule has 0 bridgehead atoms. The van der Waals surface area contributed by atoms with Crippen molar-refractivity contribution in [2.45, 2.75) is 37.6 Å². The highest BCUT2D eigenvalue weighted by Gasteiger charge is 2.27. The number of carbonyl (C=O) groups is 1. The standard InChI is InChI=1S/C27H26N6O2/c1-33-15-18(14-28-33)20-8-4-5-17-13-23(30-24(17)20)27(35)29-19-11-9-16(10-12-19)25-21-6-2-3-7-22(21)26(34)32-31-25/h2-8,13-16,19,30H,9-12H2,1H3,(H,29,35)(H,32,34)/t16-,19-. The lowest BCUT2D eigenvalue weighted by Crippen LogP contribution is -2.37. The minimum atomic E-state index is -0.157. The van der Waals surface area contributed by atoms with Crippen molar-refractivity contribution in [2.24, 2.45) is 7.05 Å². The molecule has 0 unspecified atom stereocenters. The highest BCUT2D eigenvalue weighted by Crippen LogP contribution is 2.34. The molecule has 2 aromatic carbocycles. The molecule has 8 heteroatoms. The molecular formula is C27H26N6O2. The van der Waals surface area contributed by atoms with E-state index in [1.165, 1.54) is 0 Å². The highest BCUT2D eigenvalue weighted by molar-refractivity contribution is 6.02. The molecule has 1 saturated carbocycles. The van der Waals surface area contributed by atoms with E-state index in [1.807, 2.05) is 68.0 Å². The summed E-state index contributed by atoms with van der Waals surface area (Å²) in [4.78, 5) is 28.5. The third-order valence-corrected chi connectivity index (χ3v) is 7.09. The number of aryl methyl sites for hydroxylation is 1. The summed E-state index contributed by atoms with van der Waals surface area (Å²) in [6, 6.07) is 15.7. The van der Waals surface area contributed by atoms with E-state index < -0.39 is 0 Å². The summed E-state index contributed by atoms with van der Waals surface area (Å²) in [5.74, 6) is 0.175. The zero-order valence-electron chi connectivity index (χ0n) is 19.4. The van der Waals surface area contributed by atoms with Gasteiger partial charge in [-0.05, 0) is 37.8 Å². The Balaban J connectivity index is 1.17. The van der Waals surface area contributed by atoms with Crippen LogP contribution in [0.25, 0.3) is 32.8 Å². The summed E-state index contributed by atoms with van der Waals surface area (Å²) in [5.41, 5.74) is 4.32. The number of carbonyl (C=O) groups excluding carboxylic acids is 1. The minimum Gasteiger partial charge on any atom is -0.350 e. The molecular weight excluding hydrogens is 440 g/mol. The van der Waals surface area contributed by atoms with Crippen LogP contribution in [0, 0.1) is 0 Å². The van der Waals surface area contributed by atoms with Gasteiger partial charge >= 0.3 is 0 Å². The van der Waals surface area contributed by atoms with Gasteiger partial charge in [0.1, 0.15) is 5.69 Å². The Morgan fingerprint density at radius 2 is 1.86 bits per heavy atom. The fourth-order valence-electron chi connectivity index (χ4n) is 5.30. The SMILES string of the molecule is Cn1cc(-c2cccc3cc(C(=O)N[C@H]4CC[C@H](c5n[nH]c(=O)c6ccccc65)CC4)[nH]c23)cn1. The number of benzene rings is 2. The monoisotopic (exact) mass is 466 g/mol. The van der Waals surface area contributed by atoms with Crippen molar-refractivity contribution in [3.8, 4) is 11.1 Å². The first-order valence-electron chi connectivity index (χ1n) is 12.0. The van der Waals surface area contributed by atoms with Crippen molar-refractivity contribution >= 4 is 27.6 Å². The molecule has 0 saturated heterocycles. The van der Waals surface area contributed by atoms with Gasteiger partial charge in [-0.3, -0.25) is 14.3 Å². The van der Waals surface area contributed by atoms with Crippen LogP contribution < -0.4 is 10.9 Å². The summed E-state index contributed by atoms with van der Waals surface area (Å²) in [6.07, 6.45) is 7.35. The number of amides is 1. The lowest BCUT2D eigenvalue weighted by Gasteiger charge is -2.29. The number of para-hydroxylation sites is 1. The topological polar surface area (TPSA) is 108 Å². The van der Waals surface area contributed by atoms with Gasteiger partial charge in [0.15, 0.2) is 0 Å². The quantitative estimate of drug-likeness (QED) is 0.368. The Labute approximate surface area is 201 Å². The maximum Gasteiger partial charge on any atom is 0.272 e. The van der Waals surface area contributed by atoms with Crippen LogP contribution in [0.4, 0.5) is 0 Å². The van der Waals surface area contributed by atoms with E-state index in [1.54, 1.807) is 4.68 Å². The molecule has 3 aromatic heterocycles. The van der Waals surface area contributed by atoms with Gasteiger partial charge in [0.2, 0.25) is 0 Å². The molecule has 0 aliphatic heterocycles. The normalized spacial score (nSPS) is 18.2. The van der Waals surface area contributed by atoms with Crippen LogP contribution in [0.15, 0.2) is 65.7 Å². The summed E-state index contributed by atoms with van der Waals surface area (Å²) in [6.45, 7) is 0. The van der Waals surface area contributed by atoms with Crippen LogP contribution in [-0.2, 0) is 7.05 Å². The van der Waals surface area contributed by atoms with E-state index in [4.69, 9.17) is 0 Å². The number of aromatic amines is 2. The van der Waals surface area contributed by atoms with Crippen LogP contribution in [-0.4, -0.2) is 36.9 Å². The average Bonchev–Trinajstić information content (AvgIpc) is 3.51. The molecule has 1 amide bonds. The van der Waals surface area contributed by atoms with Gasteiger partial charge in [-0.15, -0.1) is 0 Å². The van der Waals surface area contributed by atoms with E-state index in [0.717, 1.165) is 58.8 Å². The molecule has 0 radical (unpaired) electrons. The van der Waals surface area contributed by atoms with E-state index in [-0.39, 0.29) is 23.4 Å². The van der Waals surface area contributed by atoms with Crippen molar-refractivity contribution in [1.29, 1.82) is 0 Å². The van der Waals surface area contributed by atoms with Crippen molar-refractivity contribution in [3.05, 3.63) is 82.7 Å². The molecule has 35 heavy (non-hydrogen) atoms. The van der Waals surface area contributed by atoms with E-state index in [9.17, 15) is 9.59 Å². The Bertz CT molecular complexity index is 1600. The maximum absolute atomic E-state index is 13.1. The van der Waals surface area contributed by atoms with Crippen molar-refractivity contribution in [3.63, 3.8) is 0 Å². The summed E-state index contributed by atoms with van der Waals surface area (Å²) in [7, 11) is 1.89. The number of H-pyrrole nitrogens is 2. The first-order chi connectivity index (χ1) is 17.1. The lowest BCUT2D eigenvalue weighted by molar-refractivity contribution is 0.0921. The van der Waals surface area contributed by atoms with Gasteiger partial charge in [0.05, 0.1) is 22.8 Å². The molecule has 0 atom stereocenters. The van der Waals surface area contributed by atoms with Gasteiger partial charge < -0.3 is 10.3 Å². The number of hydrogen-bond donors (Lipinski definition) is 3. The molecule has 0 spiro atoms. The zero-order valence-corrected chi connectivity index (χ0v) is 19.4. The number of aromatic nitrogens is 5. The second-order valence-electron chi connectivity index (χ2n) is 9.36. The minimum absolute atomic E-state index is 0.0885. The fourth-order valence-corrected chi connectivity index (χ4v) is 5.30. The first-order valence-corrected chi connectivity index (χ1v) is 12.0. The smallest absolute Gasteiger partial charge is 0.272 e. The van der Waals surface area contributed by atoms with Gasteiger partial charge in [-0.2, -0.15) is 10.2 Å². The third kappa shape index (κ3) is 3.90. The van der Waals surface area contributed by atoms with Crippen LogP contribution >= 0.6 is 0 Å². The molecule has 6 rings (SSSR count). The van der Waals surface area contributed by atoms with E-state index in [0.29, 0.717) is 11.1 Å². The van der Waals surface area contributed by atoms with E-state index in [2.05, 4.69) is 25.6 Å². The van der Waals surface area contributed by atoms with Crippen LogP contribution in [0.2, 0.25) is 0 Å². The predicted octanol–water partition coefficient (Wildman–Crippen LogP) is 4.26. The van der Waals surface area contributed by atoms with Crippen LogP contribution in [0.1, 0.15) is 47.8 Å². The second kappa shape index (κ2) is 8.54. The Morgan fingerprint density at radius 3 is 2.63 bits per heavy atom. The van der Waals surface area contributed by atoms with E-state index >= 15 is 0 Å². The van der Waals surface area contributed by atoms with Crippen LogP contribution in [0.5, 0.6) is 0 Å². The second-order valence-corrected chi connectivity index (χ2v) is 9.36. The van der Waals surface area contributed by atoms with Crippen molar-refractivity contribution in [1.82, 2.24) is 30.3 Å². The molecule has 176 valence electrons. The summed E-state index contributed by atoms with van der Waals surface area (Å²) < 4.78 is 1.77. The van der Waals surface area contributed by atoms with Crippen molar-refractivity contribution < 1.29 is 4.79 Å². The molecule has 1 aliphatic carbocycles. The third-order valence-electron chi connectivity index (χ3n) is 7.09. The number of rotatable bonds is 4. The summed E-state index contributed by atoms with van der Waals surface area (Å²) >= 11 is 0. The van der Waals surface area contributed by atoms with Crippen LogP contribution in [0.3, 0.4) is 0 Å². The van der Waals surface area contributed by atoms with Gasteiger partial charge in [-0.1, -0.05) is 36.4 Å². The fraction of sp³-hybridized carbons (Fsp3) is 0.259. The van der Waals surface area contributed by atoms with Crippen molar-refractivity contribution in [2.75, 3.05) is 0 Å². The predicted molar refractivity (Wildman–Crippen MR) is 135 cm³/mol. The number of nitrogens with zero attached hydrogens (tertiary/aromatic N) is 3. The molecule has 1 fully saturated rings. The number of hydrogen-bond acceptors (Lipinski definition) is 4. The molecule has 5 aromatic rings. The largest absolute Gasteiger partial charge is 0.350 e. The number of fused-ring (bicyclic) bond motifs is 2. The maximum atomic E-state index is 13.1. The Kier molecular flexibility index (Phi) is 5.21. The number of nitrogens with one attached hydrogen (secondary N) is 3. The molecule has 3 N–H and O–H groups in total. The van der Waals surface area contributed by atoms with Gasteiger partial charge in [-0.25, -0.2) is 5.10 Å². The molecule has 3 heterocycles. The van der Waals surface area contributed by atoms with Gasteiger partial charge in [0.25, 0.3) is 11.5 Å². The highest BCUT2D eigenvalue weighted by atomic mass is 16.2. The molecule has 1 aliphatic rings. The average molecular weight is 467 g/mol. The molecule has 8 nitrogen and oxygen atoms in total. The van der Waals surface area contributed by atoms with Gasteiger partial charge in [0, 0.05) is 47.1 Å². The first kappa shape index (κ1) is 21.3.